The normalized spacial score (nSPS) is 22.9. The smallest absolute Gasteiger partial charge is 0.171 e. The van der Waals surface area contributed by atoms with E-state index in [0.29, 0.717) is 11.7 Å². The maximum atomic E-state index is 10.5. The van der Waals surface area contributed by atoms with Crippen LogP contribution in [0.3, 0.4) is 0 Å². The molecule has 15 heavy (non-hydrogen) atoms. The molecule has 0 aliphatic carbocycles. The lowest BCUT2D eigenvalue weighted by atomic mass is 10.0. The SMILES string of the molecule is CN1CCCC[C@H]1Cn1cc(C=O)nn1. The summed E-state index contributed by atoms with van der Waals surface area (Å²) < 4.78 is 1.76. The molecule has 0 bridgehead atoms. The van der Waals surface area contributed by atoms with Gasteiger partial charge in [-0.3, -0.25) is 9.48 Å². The lowest BCUT2D eigenvalue weighted by Gasteiger charge is -2.32. The molecule has 1 atom stereocenters. The van der Waals surface area contributed by atoms with Crippen LogP contribution in [0.25, 0.3) is 0 Å². The average molecular weight is 208 g/mol. The highest BCUT2D eigenvalue weighted by atomic mass is 16.1. The Morgan fingerprint density at radius 1 is 1.60 bits per heavy atom. The van der Waals surface area contributed by atoms with Crippen LogP contribution < -0.4 is 0 Å². The van der Waals surface area contributed by atoms with Crippen molar-refractivity contribution in [3.63, 3.8) is 0 Å². The summed E-state index contributed by atoms with van der Waals surface area (Å²) in [5, 5.41) is 7.68. The minimum Gasteiger partial charge on any atom is -0.302 e. The molecule has 1 aromatic rings. The topological polar surface area (TPSA) is 51.0 Å². The molecule has 1 saturated heterocycles. The molecule has 2 rings (SSSR count). The zero-order chi connectivity index (χ0) is 10.7. The Morgan fingerprint density at radius 2 is 2.47 bits per heavy atom. The van der Waals surface area contributed by atoms with E-state index in [0.717, 1.165) is 19.4 Å². The van der Waals surface area contributed by atoms with Gasteiger partial charge in [0.2, 0.25) is 0 Å². The van der Waals surface area contributed by atoms with E-state index in [1.54, 1.807) is 10.9 Å². The number of nitrogens with zero attached hydrogens (tertiary/aromatic N) is 4. The average Bonchev–Trinajstić information content (AvgIpc) is 2.69. The summed E-state index contributed by atoms with van der Waals surface area (Å²) in [7, 11) is 2.14. The van der Waals surface area contributed by atoms with Gasteiger partial charge in [0.1, 0.15) is 5.69 Å². The van der Waals surface area contributed by atoms with E-state index in [1.807, 2.05) is 0 Å². The zero-order valence-corrected chi connectivity index (χ0v) is 8.96. The summed E-state index contributed by atoms with van der Waals surface area (Å²) in [4.78, 5) is 12.8. The number of hydrogen-bond acceptors (Lipinski definition) is 4. The number of aldehydes is 1. The van der Waals surface area contributed by atoms with Gasteiger partial charge in [-0.2, -0.15) is 0 Å². The van der Waals surface area contributed by atoms with Crippen LogP contribution in [0, 0.1) is 0 Å². The van der Waals surface area contributed by atoms with E-state index < -0.39 is 0 Å². The highest BCUT2D eigenvalue weighted by Gasteiger charge is 2.19. The van der Waals surface area contributed by atoms with Crippen LogP contribution in [-0.4, -0.2) is 45.8 Å². The van der Waals surface area contributed by atoms with Crippen molar-refractivity contribution in [3.8, 4) is 0 Å². The Bertz CT molecular complexity index is 336. The van der Waals surface area contributed by atoms with Gasteiger partial charge in [-0.15, -0.1) is 5.10 Å². The molecular formula is C10H16N4O. The highest BCUT2D eigenvalue weighted by Crippen LogP contribution is 2.16. The Kier molecular flexibility index (Phi) is 3.11. The first kappa shape index (κ1) is 10.3. The largest absolute Gasteiger partial charge is 0.302 e. The molecule has 1 aliphatic rings. The Balaban J connectivity index is 1.97. The van der Waals surface area contributed by atoms with Gasteiger partial charge in [-0.05, 0) is 26.4 Å². The third-order valence-electron chi connectivity index (χ3n) is 3.00. The van der Waals surface area contributed by atoms with Gasteiger partial charge in [-0.25, -0.2) is 0 Å². The quantitative estimate of drug-likeness (QED) is 0.682. The maximum Gasteiger partial charge on any atom is 0.171 e. The number of rotatable bonds is 3. The molecule has 1 fully saturated rings. The summed E-state index contributed by atoms with van der Waals surface area (Å²) in [5.74, 6) is 0. The van der Waals surface area contributed by atoms with Crippen molar-refractivity contribution < 1.29 is 4.79 Å². The monoisotopic (exact) mass is 208 g/mol. The molecule has 0 spiro atoms. The third kappa shape index (κ3) is 2.41. The van der Waals surface area contributed by atoms with Crippen LogP contribution in [0.5, 0.6) is 0 Å². The minimum absolute atomic E-state index is 0.411. The van der Waals surface area contributed by atoms with Crippen LogP contribution in [0.15, 0.2) is 6.20 Å². The number of piperidine rings is 1. The first-order valence-corrected chi connectivity index (χ1v) is 5.35. The molecule has 5 heteroatoms. The molecule has 82 valence electrons. The standard InChI is InChI=1S/C10H16N4O/c1-13-5-3-2-4-10(13)7-14-6-9(8-15)11-12-14/h6,8,10H,2-5,7H2,1H3/t10-/m0/s1. The van der Waals surface area contributed by atoms with Crippen molar-refractivity contribution in [1.29, 1.82) is 0 Å². The summed E-state index contributed by atoms with van der Waals surface area (Å²) in [6.45, 7) is 1.98. The van der Waals surface area contributed by atoms with Crippen molar-refractivity contribution in [2.45, 2.75) is 31.8 Å². The molecule has 0 amide bonds. The van der Waals surface area contributed by atoms with Gasteiger partial charge >= 0.3 is 0 Å². The summed E-state index contributed by atoms with van der Waals surface area (Å²) in [5.41, 5.74) is 0.411. The fourth-order valence-corrected chi connectivity index (χ4v) is 2.05. The van der Waals surface area contributed by atoms with Gasteiger partial charge in [0.05, 0.1) is 12.7 Å². The van der Waals surface area contributed by atoms with Gasteiger partial charge in [0.25, 0.3) is 0 Å². The van der Waals surface area contributed by atoms with Gasteiger partial charge < -0.3 is 4.90 Å². The molecule has 0 unspecified atom stereocenters. The second kappa shape index (κ2) is 4.53. The zero-order valence-electron chi connectivity index (χ0n) is 8.96. The molecule has 1 aromatic heterocycles. The lowest BCUT2D eigenvalue weighted by molar-refractivity contribution is 0.111. The molecule has 5 nitrogen and oxygen atoms in total. The molecule has 0 aromatic carbocycles. The molecular weight excluding hydrogens is 192 g/mol. The van der Waals surface area contributed by atoms with Crippen LogP contribution in [0.2, 0.25) is 0 Å². The number of aromatic nitrogens is 3. The minimum atomic E-state index is 0.411. The summed E-state index contributed by atoms with van der Waals surface area (Å²) in [6.07, 6.45) is 6.20. The molecule has 0 radical (unpaired) electrons. The fourth-order valence-electron chi connectivity index (χ4n) is 2.05. The Hall–Kier alpha value is -1.23. The predicted molar refractivity (Wildman–Crippen MR) is 55.7 cm³/mol. The number of carbonyl (C=O) groups is 1. The molecule has 1 aliphatic heterocycles. The van der Waals surface area contributed by atoms with E-state index >= 15 is 0 Å². The van der Waals surface area contributed by atoms with Crippen LogP contribution >= 0.6 is 0 Å². The van der Waals surface area contributed by atoms with E-state index in [2.05, 4.69) is 22.3 Å². The number of hydrogen-bond donors (Lipinski definition) is 0. The highest BCUT2D eigenvalue weighted by molar-refractivity contribution is 5.70. The van der Waals surface area contributed by atoms with E-state index in [9.17, 15) is 4.79 Å². The van der Waals surface area contributed by atoms with Crippen LogP contribution in [-0.2, 0) is 6.54 Å². The first-order chi connectivity index (χ1) is 7.29. The second-order valence-corrected chi connectivity index (χ2v) is 4.11. The van der Waals surface area contributed by atoms with Crippen molar-refractivity contribution >= 4 is 6.29 Å². The van der Waals surface area contributed by atoms with Gasteiger partial charge in [0.15, 0.2) is 6.29 Å². The van der Waals surface area contributed by atoms with Crippen molar-refractivity contribution in [1.82, 2.24) is 19.9 Å². The van der Waals surface area contributed by atoms with Crippen LogP contribution in [0.4, 0.5) is 0 Å². The fraction of sp³-hybridized carbons (Fsp3) is 0.700. The number of likely N-dealkylation sites (tertiary alicyclic amines) is 1. The van der Waals surface area contributed by atoms with E-state index in [-0.39, 0.29) is 0 Å². The first-order valence-electron chi connectivity index (χ1n) is 5.35. The van der Waals surface area contributed by atoms with Gasteiger partial charge in [0, 0.05) is 6.04 Å². The third-order valence-corrected chi connectivity index (χ3v) is 3.00. The van der Waals surface area contributed by atoms with E-state index in [4.69, 9.17) is 0 Å². The Morgan fingerprint density at radius 3 is 3.13 bits per heavy atom. The Labute approximate surface area is 89.1 Å². The van der Waals surface area contributed by atoms with Crippen LogP contribution in [0.1, 0.15) is 29.8 Å². The van der Waals surface area contributed by atoms with Gasteiger partial charge in [-0.1, -0.05) is 11.6 Å². The van der Waals surface area contributed by atoms with Crippen molar-refractivity contribution in [2.24, 2.45) is 0 Å². The van der Waals surface area contributed by atoms with Crippen molar-refractivity contribution in [2.75, 3.05) is 13.6 Å². The molecule has 0 saturated carbocycles. The number of likely N-dealkylation sites (N-methyl/N-ethyl adjacent to an activating group) is 1. The summed E-state index contributed by atoms with van der Waals surface area (Å²) in [6, 6.07) is 0.528. The van der Waals surface area contributed by atoms with E-state index in [1.165, 1.54) is 19.3 Å². The maximum absolute atomic E-state index is 10.5. The second-order valence-electron chi connectivity index (χ2n) is 4.11. The summed E-state index contributed by atoms with van der Waals surface area (Å²) >= 11 is 0. The number of carbonyl (C=O) groups excluding carboxylic acids is 1. The van der Waals surface area contributed by atoms with Crippen molar-refractivity contribution in [3.05, 3.63) is 11.9 Å². The predicted octanol–water partition coefficient (Wildman–Crippen LogP) is 0.575. The molecule has 0 N–H and O–H groups in total. The lowest BCUT2D eigenvalue weighted by Crippen LogP contribution is -2.39. The molecule has 2 heterocycles.